The lowest BCUT2D eigenvalue weighted by atomic mass is 9.97. The van der Waals surface area contributed by atoms with Gasteiger partial charge in [-0.1, -0.05) is 115 Å². The summed E-state index contributed by atoms with van der Waals surface area (Å²) < 4.78 is 76.1. The summed E-state index contributed by atoms with van der Waals surface area (Å²) in [7, 11) is 0. The molecule has 1 nitrogen and oxygen atoms in total. The van der Waals surface area contributed by atoms with Gasteiger partial charge in [0.25, 0.3) is 0 Å². The van der Waals surface area contributed by atoms with Crippen molar-refractivity contribution < 1.29 is 11.0 Å². The summed E-state index contributed by atoms with van der Waals surface area (Å²) in [5.41, 5.74) is 1.55. The molecule has 0 unspecified atom stereocenters. The summed E-state index contributed by atoms with van der Waals surface area (Å²) in [6.45, 7) is 0. The molecule has 1 aromatic heterocycles. The van der Waals surface area contributed by atoms with Crippen LogP contribution in [0.25, 0.3) is 53.2 Å². The van der Waals surface area contributed by atoms with Crippen LogP contribution in [0.1, 0.15) is 11.0 Å². The fourth-order valence-corrected chi connectivity index (χ4v) is 6.64. The first kappa shape index (κ1) is 17.6. The maximum absolute atomic E-state index is 9.67. The highest BCUT2D eigenvalue weighted by Gasteiger charge is 2.16. The third-order valence-electron chi connectivity index (χ3n) is 7.42. The van der Waals surface area contributed by atoms with Crippen molar-refractivity contribution in [2.24, 2.45) is 0 Å². The number of rotatable bonds is 5. The molecule has 0 saturated heterocycles. The molecule has 0 aliphatic carbocycles. The van der Waals surface area contributed by atoms with Crippen molar-refractivity contribution in [3.8, 4) is 22.3 Å². The molecule has 2 heteroatoms. The predicted octanol–water partition coefficient (Wildman–Crippen LogP) is 12.0. The van der Waals surface area contributed by atoms with Crippen LogP contribution in [-0.4, -0.2) is 0 Å². The van der Waals surface area contributed by atoms with Crippen molar-refractivity contribution in [2.75, 3.05) is 4.90 Å². The van der Waals surface area contributed by atoms with Gasteiger partial charge in [-0.2, -0.15) is 0 Å². The van der Waals surface area contributed by atoms with Crippen LogP contribution in [0.2, 0.25) is 0 Å². The molecule has 0 saturated carbocycles. The number of benzene rings is 7. The monoisotopic (exact) mass is 561 g/mol. The Kier molecular flexibility index (Phi) is 4.33. The van der Waals surface area contributed by atoms with E-state index in [1.54, 1.807) is 47.7 Å². The molecular weight excluding hydrogens is 527 g/mol. The maximum atomic E-state index is 9.67. The number of thiophene rings is 1. The van der Waals surface area contributed by atoms with Gasteiger partial charge >= 0.3 is 0 Å². The molecule has 8 aromatic rings. The molecule has 0 radical (unpaired) electrons. The Hall–Kier alpha value is -5.18. The van der Waals surface area contributed by atoms with Gasteiger partial charge in [-0.15, -0.1) is 11.3 Å². The maximum Gasteiger partial charge on any atom is 0.0651 e. The zero-order chi connectivity index (χ0) is 34.8. The summed E-state index contributed by atoms with van der Waals surface area (Å²) in [6.07, 6.45) is 0. The second kappa shape index (κ2) is 10.3. The Bertz CT molecular complexity index is 2620. The van der Waals surface area contributed by atoms with Gasteiger partial charge in [-0.05, 0) is 81.5 Å². The lowest BCUT2D eigenvalue weighted by Gasteiger charge is -2.26. The highest BCUT2D eigenvalue weighted by Crippen LogP contribution is 2.42. The van der Waals surface area contributed by atoms with Crippen LogP contribution in [-0.2, 0) is 0 Å². The van der Waals surface area contributed by atoms with Gasteiger partial charge in [0.2, 0.25) is 0 Å². The SMILES string of the molecule is [2H]c1c([2H])c(-c2cccc3sc4ccccc4c23)c([2H])c(N(c2ccccc2)c2c([2H])c([2H])c(-c3cccc4ccccc34)c([2H])c2[2H])c1[2H]. The zero-order valence-electron chi connectivity index (χ0n) is 30.3. The topological polar surface area (TPSA) is 3.24 Å². The Balaban J connectivity index is 1.44. The van der Waals surface area contributed by atoms with E-state index in [2.05, 4.69) is 0 Å². The molecule has 0 N–H and O–H groups in total. The van der Waals surface area contributed by atoms with Crippen LogP contribution in [0.3, 0.4) is 0 Å². The van der Waals surface area contributed by atoms with Gasteiger partial charge in [-0.25, -0.2) is 0 Å². The quantitative estimate of drug-likeness (QED) is 0.202. The molecule has 1 heterocycles. The van der Waals surface area contributed by atoms with E-state index in [0.717, 1.165) is 30.9 Å². The van der Waals surface area contributed by atoms with Gasteiger partial charge in [-0.3, -0.25) is 0 Å². The Labute approximate surface area is 260 Å². The van der Waals surface area contributed by atoms with Crippen LogP contribution in [0, 0.1) is 0 Å². The molecule has 0 spiro atoms. The van der Waals surface area contributed by atoms with Crippen LogP contribution in [0.4, 0.5) is 17.1 Å². The summed E-state index contributed by atoms with van der Waals surface area (Å²) in [6, 6.07) is 32.8. The number of hydrogen-bond acceptors (Lipinski definition) is 2. The first-order valence-electron chi connectivity index (χ1n) is 17.6. The van der Waals surface area contributed by atoms with Crippen LogP contribution >= 0.6 is 11.3 Å². The summed E-state index contributed by atoms with van der Waals surface area (Å²) in [5.74, 6) is 0. The minimum Gasteiger partial charge on any atom is -0.310 e. The Morgan fingerprint density at radius 3 is 2.05 bits per heavy atom. The predicted molar refractivity (Wildman–Crippen MR) is 182 cm³/mol. The molecule has 198 valence electrons. The molecule has 0 amide bonds. The first-order valence-corrected chi connectivity index (χ1v) is 14.4. The number of nitrogens with zero attached hydrogens (tertiary/aromatic N) is 1. The van der Waals surface area contributed by atoms with E-state index in [4.69, 9.17) is 4.11 Å². The highest BCUT2D eigenvalue weighted by atomic mass is 32.1. The van der Waals surface area contributed by atoms with E-state index in [1.165, 1.54) is 4.90 Å². The second-order valence-electron chi connectivity index (χ2n) is 9.92. The number of fused-ring (bicyclic) bond motifs is 4. The Morgan fingerprint density at radius 2 is 1.17 bits per heavy atom. The van der Waals surface area contributed by atoms with Gasteiger partial charge in [0.1, 0.15) is 0 Å². The van der Waals surface area contributed by atoms with E-state index in [0.29, 0.717) is 16.8 Å². The zero-order valence-corrected chi connectivity index (χ0v) is 23.1. The van der Waals surface area contributed by atoms with Crippen LogP contribution < -0.4 is 4.90 Å². The van der Waals surface area contributed by atoms with Crippen molar-refractivity contribution in [1.29, 1.82) is 0 Å². The molecule has 8 rings (SSSR count). The minimum absolute atomic E-state index is 0.109. The van der Waals surface area contributed by atoms with Crippen molar-refractivity contribution in [1.82, 2.24) is 0 Å². The molecule has 0 aliphatic heterocycles. The largest absolute Gasteiger partial charge is 0.310 e. The van der Waals surface area contributed by atoms with E-state index in [1.807, 2.05) is 78.9 Å². The number of anilines is 3. The molecule has 0 aliphatic rings. The number of hydrogen-bond donors (Lipinski definition) is 0. The third kappa shape index (κ3) is 4.25. The highest BCUT2D eigenvalue weighted by molar-refractivity contribution is 7.25. The molecule has 0 atom stereocenters. The summed E-state index contributed by atoms with van der Waals surface area (Å²) in [4.78, 5) is 1.38. The minimum atomic E-state index is -0.426. The second-order valence-corrected chi connectivity index (χ2v) is 11.0. The third-order valence-corrected chi connectivity index (χ3v) is 8.55. The fourth-order valence-electron chi connectivity index (χ4n) is 5.51. The van der Waals surface area contributed by atoms with E-state index < -0.39 is 12.1 Å². The Morgan fingerprint density at radius 1 is 0.476 bits per heavy atom. The summed E-state index contributed by atoms with van der Waals surface area (Å²) >= 11 is 1.59. The molecular formula is C40H27NS. The van der Waals surface area contributed by atoms with E-state index >= 15 is 0 Å². The van der Waals surface area contributed by atoms with Crippen molar-refractivity contribution >= 4 is 59.3 Å². The van der Waals surface area contributed by atoms with Gasteiger partial charge in [0.15, 0.2) is 0 Å². The average Bonchev–Trinajstić information content (AvgIpc) is 3.53. The van der Waals surface area contributed by atoms with E-state index in [-0.39, 0.29) is 58.8 Å². The fraction of sp³-hybridized carbons (Fsp3) is 0. The lowest BCUT2D eigenvalue weighted by Crippen LogP contribution is -2.09. The van der Waals surface area contributed by atoms with Gasteiger partial charge in [0.05, 0.1) is 11.0 Å². The van der Waals surface area contributed by atoms with Crippen molar-refractivity contribution in [3.63, 3.8) is 0 Å². The van der Waals surface area contributed by atoms with Crippen LogP contribution in [0.15, 0.2) is 164 Å². The first-order chi connectivity index (χ1) is 24.2. The molecule has 0 fully saturated rings. The standard InChI is InChI=1S/C40H27NS/c1-2-14-31(15-3-1)41(32-25-23-29(24-26-32)35-19-9-12-28-11-4-5-17-34(28)35)33-16-8-13-30(27-33)36-20-10-22-39-40(36)37-18-6-7-21-38(37)42-39/h1-27H/i8D,13D,16D,23D,24D,25D,26D,27D. The average molecular weight is 562 g/mol. The van der Waals surface area contributed by atoms with Crippen molar-refractivity contribution in [2.45, 2.75) is 0 Å². The smallest absolute Gasteiger partial charge is 0.0651 e. The molecule has 0 bridgehead atoms. The molecule has 42 heavy (non-hydrogen) atoms. The van der Waals surface area contributed by atoms with Crippen LogP contribution in [0.5, 0.6) is 0 Å². The van der Waals surface area contributed by atoms with E-state index in [9.17, 15) is 6.85 Å². The van der Waals surface area contributed by atoms with Crippen molar-refractivity contribution in [3.05, 3.63) is 164 Å². The normalized spacial score (nSPS) is 14.0. The lowest BCUT2D eigenvalue weighted by molar-refractivity contribution is 1.28. The number of para-hydroxylation sites is 1. The summed E-state index contributed by atoms with van der Waals surface area (Å²) in [5, 5.41) is 3.48. The van der Waals surface area contributed by atoms with Gasteiger partial charge in [0, 0.05) is 37.2 Å². The van der Waals surface area contributed by atoms with Gasteiger partial charge < -0.3 is 4.90 Å². The molecule has 7 aromatic carbocycles.